The van der Waals surface area contributed by atoms with Crippen molar-refractivity contribution in [3.05, 3.63) is 126 Å². The maximum Gasteiger partial charge on any atom is 0.273 e. The zero-order valence-corrected chi connectivity index (χ0v) is 20.9. The zero-order chi connectivity index (χ0) is 27.4. The number of carbonyl (C=O) groups excluding carboxylic acids is 1. The van der Waals surface area contributed by atoms with Gasteiger partial charge in [0, 0.05) is 23.8 Å². The number of nitro groups is 1. The van der Waals surface area contributed by atoms with Crippen LogP contribution in [-0.2, 0) is 11.3 Å². The molecule has 10 nitrogen and oxygen atoms in total. The highest BCUT2D eigenvalue weighted by atomic mass is 32.1. The molecule has 0 saturated carbocycles. The number of thiazole rings is 1. The molecule has 0 aliphatic heterocycles. The number of aromatic nitrogens is 1. The van der Waals surface area contributed by atoms with Crippen LogP contribution in [0.15, 0.2) is 98.8 Å². The van der Waals surface area contributed by atoms with Crippen LogP contribution in [-0.4, -0.2) is 15.4 Å². The Morgan fingerprint density at radius 1 is 1.10 bits per heavy atom. The first-order chi connectivity index (χ1) is 18.9. The molecule has 5 rings (SSSR count). The molecule has 0 bridgehead atoms. The summed E-state index contributed by atoms with van der Waals surface area (Å²) in [5.74, 6) is 0.560. The maximum absolute atomic E-state index is 13.5. The molecule has 39 heavy (non-hydrogen) atoms. The lowest BCUT2D eigenvalue weighted by atomic mass is 10.1. The Morgan fingerprint density at radius 2 is 1.92 bits per heavy atom. The van der Waals surface area contributed by atoms with Crippen molar-refractivity contribution < 1.29 is 18.6 Å². The second-order valence-electron chi connectivity index (χ2n) is 8.15. The molecule has 0 saturated heterocycles. The topological polar surface area (TPSA) is 144 Å². The molecule has 0 unspecified atom stereocenters. The van der Waals surface area contributed by atoms with Crippen LogP contribution in [0.5, 0.6) is 0 Å². The van der Waals surface area contributed by atoms with Crippen LogP contribution in [0.2, 0.25) is 0 Å². The minimum absolute atomic E-state index is 0.0732. The minimum Gasteiger partial charge on any atom is -0.467 e. The number of nitriles is 1. The molecule has 0 spiro atoms. The SMILES string of the molecule is N#CC(C(=O)NCc1ccco1)=c1sc(=Cc2ccc(-c3cccc([N+](=O)[O-])c3)o2)c(=O)n1-c1ccccc1. The third-order valence-corrected chi connectivity index (χ3v) is 6.73. The van der Waals surface area contributed by atoms with Crippen LogP contribution >= 0.6 is 11.3 Å². The molecule has 3 aromatic heterocycles. The van der Waals surface area contributed by atoms with Gasteiger partial charge in [-0.25, -0.2) is 0 Å². The quantitative estimate of drug-likeness (QED) is 0.247. The van der Waals surface area contributed by atoms with Gasteiger partial charge in [-0.1, -0.05) is 30.3 Å². The van der Waals surface area contributed by atoms with Gasteiger partial charge in [0.1, 0.15) is 28.0 Å². The van der Waals surface area contributed by atoms with Gasteiger partial charge < -0.3 is 14.2 Å². The fourth-order valence-corrected chi connectivity index (χ4v) is 4.90. The highest BCUT2D eigenvalue weighted by Crippen LogP contribution is 2.26. The van der Waals surface area contributed by atoms with E-state index in [1.165, 1.54) is 29.0 Å². The minimum atomic E-state index is -0.655. The summed E-state index contributed by atoms with van der Waals surface area (Å²) in [4.78, 5) is 37.1. The summed E-state index contributed by atoms with van der Waals surface area (Å²) < 4.78 is 12.8. The Bertz CT molecular complexity index is 1890. The van der Waals surface area contributed by atoms with E-state index in [1.807, 2.05) is 6.07 Å². The van der Waals surface area contributed by atoms with Crippen LogP contribution < -0.4 is 20.1 Å². The van der Waals surface area contributed by atoms with E-state index in [0.717, 1.165) is 11.3 Å². The second kappa shape index (κ2) is 10.9. The molecule has 0 aliphatic carbocycles. The van der Waals surface area contributed by atoms with Crippen LogP contribution in [0, 0.1) is 21.4 Å². The van der Waals surface area contributed by atoms with E-state index in [-0.39, 0.29) is 27.0 Å². The normalized spacial score (nSPS) is 12.1. The molecule has 11 heteroatoms. The van der Waals surface area contributed by atoms with Crippen LogP contribution in [0.4, 0.5) is 5.69 Å². The highest BCUT2D eigenvalue weighted by Gasteiger charge is 2.18. The van der Waals surface area contributed by atoms with Gasteiger partial charge in [-0.05, 0) is 36.4 Å². The van der Waals surface area contributed by atoms with Crippen molar-refractivity contribution >= 4 is 34.6 Å². The van der Waals surface area contributed by atoms with Crippen molar-refractivity contribution in [1.29, 1.82) is 5.26 Å². The average molecular weight is 539 g/mol. The Hall–Kier alpha value is -5.47. The summed E-state index contributed by atoms with van der Waals surface area (Å²) >= 11 is 0.973. The molecular formula is C28H18N4O6S. The summed E-state index contributed by atoms with van der Waals surface area (Å²) in [5.41, 5.74) is 0.236. The van der Waals surface area contributed by atoms with Gasteiger partial charge in [0.25, 0.3) is 17.2 Å². The lowest BCUT2D eigenvalue weighted by Gasteiger charge is -2.04. The number of rotatable bonds is 7. The van der Waals surface area contributed by atoms with Gasteiger partial charge in [0.05, 0.1) is 28.0 Å². The number of benzene rings is 2. The fraction of sp³-hybridized carbons (Fsp3) is 0.0357. The van der Waals surface area contributed by atoms with Gasteiger partial charge in [0.15, 0.2) is 5.57 Å². The molecule has 0 radical (unpaired) electrons. The first-order valence-corrected chi connectivity index (χ1v) is 12.3. The fourth-order valence-electron chi connectivity index (χ4n) is 3.81. The second-order valence-corrected chi connectivity index (χ2v) is 9.18. The lowest BCUT2D eigenvalue weighted by molar-refractivity contribution is -0.384. The number of hydrogen-bond acceptors (Lipinski definition) is 8. The first-order valence-electron chi connectivity index (χ1n) is 11.5. The molecule has 1 N–H and O–H groups in total. The molecule has 3 heterocycles. The van der Waals surface area contributed by atoms with E-state index in [1.54, 1.807) is 66.7 Å². The number of nitrogens with one attached hydrogen (secondary N) is 1. The molecule has 1 amide bonds. The van der Waals surface area contributed by atoms with Gasteiger partial charge in [0.2, 0.25) is 0 Å². The summed E-state index contributed by atoms with van der Waals surface area (Å²) in [6.45, 7) is 0.0732. The predicted octanol–water partition coefficient (Wildman–Crippen LogP) is 3.48. The summed E-state index contributed by atoms with van der Waals surface area (Å²) in [6.07, 6.45) is 2.98. The largest absolute Gasteiger partial charge is 0.467 e. The van der Waals surface area contributed by atoms with Crippen molar-refractivity contribution in [2.75, 3.05) is 0 Å². The third kappa shape index (κ3) is 5.31. The average Bonchev–Trinajstić information content (AvgIpc) is 3.70. The van der Waals surface area contributed by atoms with Gasteiger partial charge in [-0.2, -0.15) is 5.26 Å². The number of carbonyl (C=O) groups is 1. The number of nitrogens with zero attached hydrogens (tertiary/aromatic N) is 3. The monoisotopic (exact) mass is 538 g/mol. The molecule has 5 aromatic rings. The van der Waals surface area contributed by atoms with Gasteiger partial charge in [-0.15, -0.1) is 11.3 Å². The van der Waals surface area contributed by atoms with E-state index >= 15 is 0 Å². The van der Waals surface area contributed by atoms with E-state index < -0.39 is 16.4 Å². The smallest absolute Gasteiger partial charge is 0.273 e. The number of hydrogen-bond donors (Lipinski definition) is 1. The lowest BCUT2D eigenvalue weighted by Crippen LogP contribution is -2.33. The van der Waals surface area contributed by atoms with E-state index in [9.17, 15) is 25.0 Å². The molecule has 0 fully saturated rings. The van der Waals surface area contributed by atoms with Gasteiger partial charge in [-0.3, -0.25) is 24.3 Å². The van der Waals surface area contributed by atoms with Crippen molar-refractivity contribution in [3.8, 4) is 23.1 Å². The Morgan fingerprint density at radius 3 is 2.64 bits per heavy atom. The van der Waals surface area contributed by atoms with E-state index in [0.29, 0.717) is 28.5 Å². The molecule has 2 aromatic carbocycles. The Labute approximate surface area is 224 Å². The third-order valence-electron chi connectivity index (χ3n) is 5.64. The summed E-state index contributed by atoms with van der Waals surface area (Å²) in [6, 6.07) is 23.3. The Balaban J connectivity index is 1.61. The van der Waals surface area contributed by atoms with Crippen LogP contribution in [0.3, 0.4) is 0 Å². The van der Waals surface area contributed by atoms with Crippen LogP contribution in [0.25, 0.3) is 28.7 Å². The molecule has 192 valence electrons. The van der Waals surface area contributed by atoms with E-state index in [4.69, 9.17) is 8.83 Å². The number of non-ortho nitro benzene ring substituents is 1. The molecular weight excluding hydrogens is 520 g/mol. The van der Waals surface area contributed by atoms with Crippen molar-refractivity contribution in [3.63, 3.8) is 0 Å². The number of amides is 1. The van der Waals surface area contributed by atoms with Crippen LogP contribution in [0.1, 0.15) is 11.5 Å². The summed E-state index contributed by atoms with van der Waals surface area (Å²) in [7, 11) is 0. The van der Waals surface area contributed by atoms with E-state index in [2.05, 4.69) is 5.32 Å². The van der Waals surface area contributed by atoms with Crippen molar-refractivity contribution in [2.24, 2.45) is 0 Å². The maximum atomic E-state index is 13.5. The number of nitro benzene ring substituents is 1. The predicted molar refractivity (Wildman–Crippen MR) is 143 cm³/mol. The van der Waals surface area contributed by atoms with Gasteiger partial charge >= 0.3 is 0 Å². The summed E-state index contributed by atoms with van der Waals surface area (Å²) in [5, 5.41) is 23.7. The zero-order valence-electron chi connectivity index (χ0n) is 20.1. The van der Waals surface area contributed by atoms with Crippen molar-refractivity contribution in [1.82, 2.24) is 9.88 Å². The number of furan rings is 2. The number of para-hydroxylation sites is 1. The molecule has 0 atom stereocenters. The highest BCUT2D eigenvalue weighted by molar-refractivity contribution is 7.07. The molecule has 0 aliphatic rings. The standard InChI is InChI=1S/C28H18N4O6S/c29-16-23(26(33)30-17-22-10-5-13-37-22)28-31(19-7-2-1-3-8-19)27(34)25(39-28)15-21-11-12-24(38-21)18-6-4-9-20(14-18)32(35)36/h1-15H,17H2,(H,30,33). The Kier molecular flexibility index (Phi) is 7.02. The van der Waals surface area contributed by atoms with Crippen molar-refractivity contribution in [2.45, 2.75) is 6.54 Å². The first kappa shape index (κ1) is 25.2.